The molecule has 0 bridgehead atoms. The van der Waals surface area contributed by atoms with Crippen LogP contribution in [0.3, 0.4) is 0 Å². The molecule has 0 unspecified atom stereocenters. The lowest BCUT2D eigenvalue weighted by molar-refractivity contribution is -0.0885. The Kier molecular flexibility index (Phi) is 2.65. The number of carbonyl (C=O) groups excluding carboxylic acids is 1. The predicted octanol–water partition coefficient (Wildman–Crippen LogP) is 2.29. The first kappa shape index (κ1) is 11.4. The van der Waals surface area contributed by atoms with Gasteiger partial charge in [0.15, 0.2) is 0 Å². The lowest BCUT2D eigenvalue weighted by atomic mass is 10.1. The molecule has 0 spiro atoms. The van der Waals surface area contributed by atoms with Gasteiger partial charge in [0.2, 0.25) is 0 Å². The zero-order valence-corrected chi connectivity index (χ0v) is 7.03. The van der Waals surface area contributed by atoms with Gasteiger partial charge < -0.3 is 5.73 Å². The number of nitrogen functional groups attached to an aromatic ring is 1. The topological polar surface area (TPSA) is 43.1 Å². The average molecular weight is 225 g/mol. The highest BCUT2D eigenvalue weighted by Crippen LogP contribution is 2.24. The predicted molar refractivity (Wildman–Crippen MR) is 41.2 cm³/mol. The zero-order chi connectivity index (χ0) is 11.8. The minimum Gasteiger partial charge on any atom is -0.394 e. The van der Waals surface area contributed by atoms with Crippen molar-refractivity contribution in [2.45, 2.75) is 6.18 Å². The van der Waals surface area contributed by atoms with Crippen molar-refractivity contribution in [3.8, 4) is 0 Å². The van der Waals surface area contributed by atoms with Gasteiger partial charge in [-0.1, -0.05) is 0 Å². The van der Waals surface area contributed by atoms with Crippen molar-refractivity contribution in [2.24, 2.45) is 0 Å². The quantitative estimate of drug-likeness (QED) is 0.452. The molecule has 0 heterocycles. The molecule has 0 radical (unpaired) electrons. The molecular weight excluding hydrogens is 221 g/mol. The molecule has 2 nitrogen and oxygen atoms in total. The van der Waals surface area contributed by atoms with E-state index in [1.807, 2.05) is 0 Å². The van der Waals surface area contributed by atoms with Gasteiger partial charge in [0.25, 0.3) is 5.78 Å². The lowest BCUT2D eigenvalue weighted by Gasteiger charge is -2.06. The van der Waals surface area contributed by atoms with Gasteiger partial charge in [-0.3, -0.25) is 4.79 Å². The molecule has 15 heavy (non-hydrogen) atoms. The number of nitrogens with two attached hydrogens (primary N) is 1. The third-order valence-corrected chi connectivity index (χ3v) is 1.60. The van der Waals surface area contributed by atoms with Crippen LogP contribution in [0.25, 0.3) is 0 Å². The summed E-state index contributed by atoms with van der Waals surface area (Å²) in [6.45, 7) is 0. The summed E-state index contributed by atoms with van der Waals surface area (Å²) in [5.74, 6) is -5.12. The van der Waals surface area contributed by atoms with Crippen LogP contribution in [0.1, 0.15) is 10.4 Å². The second-order valence-corrected chi connectivity index (χ2v) is 2.68. The summed E-state index contributed by atoms with van der Waals surface area (Å²) in [5, 5.41) is 0. The number of anilines is 1. The molecule has 2 N–H and O–H groups in total. The Balaban J connectivity index is 3.24. The largest absolute Gasteiger partial charge is 0.454 e. The van der Waals surface area contributed by atoms with Crippen LogP contribution in [0.15, 0.2) is 12.1 Å². The average Bonchev–Trinajstić information content (AvgIpc) is 2.10. The third kappa shape index (κ3) is 2.23. The van der Waals surface area contributed by atoms with Crippen LogP contribution >= 0.6 is 0 Å². The summed E-state index contributed by atoms with van der Waals surface area (Å²) >= 11 is 0. The zero-order valence-electron chi connectivity index (χ0n) is 7.03. The number of ketones is 1. The van der Waals surface area contributed by atoms with Crippen LogP contribution < -0.4 is 5.73 Å². The SMILES string of the molecule is Nc1c(F)cc(C(=O)C(F)(F)F)cc1F. The van der Waals surface area contributed by atoms with E-state index in [4.69, 9.17) is 5.73 Å². The Morgan fingerprint density at radius 2 is 1.53 bits per heavy atom. The van der Waals surface area contributed by atoms with Gasteiger partial charge in [-0.05, 0) is 12.1 Å². The number of alkyl halides is 3. The van der Waals surface area contributed by atoms with E-state index in [2.05, 4.69) is 0 Å². The normalized spacial score (nSPS) is 11.5. The maximum Gasteiger partial charge on any atom is 0.454 e. The first-order chi connectivity index (χ1) is 6.73. The summed E-state index contributed by atoms with van der Waals surface area (Å²) in [5.41, 5.74) is 2.78. The van der Waals surface area contributed by atoms with E-state index in [1.165, 1.54) is 0 Å². The van der Waals surface area contributed by atoms with Crippen LogP contribution in [0, 0.1) is 11.6 Å². The van der Waals surface area contributed by atoms with Crippen molar-refractivity contribution >= 4 is 11.5 Å². The van der Waals surface area contributed by atoms with E-state index < -0.39 is 34.8 Å². The number of rotatable bonds is 1. The van der Waals surface area contributed by atoms with Crippen molar-refractivity contribution in [1.82, 2.24) is 0 Å². The Morgan fingerprint density at radius 1 is 1.13 bits per heavy atom. The lowest BCUT2D eigenvalue weighted by Crippen LogP contribution is -2.23. The molecule has 0 aliphatic rings. The van der Waals surface area contributed by atoms with Crippen LogP contribution in [0.4, 0.5) is 27.6 Å². The maximum absolute atomic E-state index is 12.7. The molecule has 1 rings (SSSR count). The fourth-order valence-electron chi connectivity index (χ4n) is 0.879. The van der Waals surface area contributed by atoms with Crippen molar-refractivity contribution in [1.29, 1.82) is 0 Å². The van der Waals surface area contributed by atoms with Gasteiger partial charge >= 0.3 is 6.18 Å². The number of Topliss-reactive ketones (excluding diaryl/α,β-unsaturated/α-hetero) is 1. The van der Waals surface area contributed by atoms with Crippen molar-refractivity contribution in [2.75, 3.05) is 5.73 Å². The summed E-state index contributed by atoms with van der Waals surface area (Å²) in [6, 6.07) is 0.489. The van der Waals surface area contributed by atoms with E-state index in [9.17, 15) is 26.7 Å². The Bertz CT molecular complexity index is 389. The van der Waals surface area contributed by atoms with Gasteiger partial charge in [0.1, 0.15) is 17.3 Å². The van der Waals surface area contributed by atoms with Gasteiger partial charge in [-0.2, -0.15) is 13.2 Å². The molecule has 7 heteroatoms. The maximum atomic E-state index is 12.7. The summed E-state index contributed by atoms with van der Waals surface area (Å²) in [4.78, 5) is 10.6. The molecule has 0 saturated heterocycles. The van der Waals surface area contributed by atoms with E-state index in [1.54, 1.807) is 0 Å². The number of carbonyl (C=O) groups is 1. The van der Waals surface area contributed by atoms with Crippen LogP contribution in [-0.4, -0.2) is 12.0 Å². The second kappa shape index (κ2) is 3.48. The van der Waals surface area contributed by atoms with E-state index >= 15 is 0 Å². The summed E-state index contributed by atoms with van der Waals surface area (Å²) in [6.07, 6.45) is -5.17. The highest BCUT2D eigenvalue weighted by molar-refractivity contribution is 6.00. The minimum absolute atomic E-state index is 0.244. The van der Waals surface area contributed by atoms with Crippen molar-refractivity contribution in [3.63, 3.8) is 0 Å². The van der Waals surface area contributed by atoms with Crippen molar-refractivity contribution < 1.29 is 26.7 Å². The second-order valence-electron chi connectivity index (χ2n) is 2.68. The number of halogens is 5. The molecule has 0 aromatic heterocycles. The molecule has 0 fully saturated rings. The van der Waals surface area contributed by atoms with Crippen molar-refractivity contribution in [3.05, 3.63) is 29.3 Å². The molecule has 0 atom stereocenters. The fourth-order valence-corrected chi connectivity index (χ4v) is 0.879. The first-order valence-corrected chi connectivity index (χ1v) is 3.59. The Hall–Kier alpha value is -1.66. The molecule has 0 amide bonds. The van der Waals surface area contributed by atoms with Gasteiger partial charge in [0, 0.05) is 5.56 Å². The Morgan fingerprint density at radius 3 is 1.87 bits per heavy atom. The smallest absolute Gasteiger partial charge is 0.394 e. The minimum atomic E-state index is -5.17. The number of hydrogen-bond donors (Lipinski definition) is 1. The van der Waals surface area contributed by atoms with Gasteiger partial charge in [0.05, 0.1) is 0 Å². The first-order valence-electron chi connectivity index (χ1n) is 3.59. The van der Waals surface area contributed by atoms with Crippen LogP contribution in [-0.2, 0) is 0 Å². The standard InChI is InChI=1S/C8H4F5NO/c9-4-1-3(2-5(10)6(4)14)7(15)8(11,12)13/h1-2H,14H2. The number of benzene rings is 1. The van der Waals surface area contributed by atoms with Crippen LogP contribution in [0.5, 0.6) is 0 Å². The monoisotopic (exact) mass is 225 g/mol. The summed E-state index contributed by atoms with van der Waals surface area (Å²) in [7, 11) is 0. The van der Waals surface area contributed by atoms with Gasteiger partial charge in [-0.25, -0.2) is 8.78 Å². The summed E-state index contributed by atoms with van der Waals surface area (Å²) < 4.78 is 61.0. The van der Waals surface area contributed by atoms with E-state index in [-0.39, 0.29) is 12.1 Å². The van der Waals surface area contributed by atoms with Crippen LogP contribution in [0.2, 0.25) is 0 Å². The highest BCUT2D eigenvalue weighted by atomic mass is 19.4. The molecule has 1 aromatic carbocycles. The fraction of sp³-hybridized carbons (Fsp3) is 0.125. The van der Waals surface area contributed by atoms with Gasteiger partial charge in [-0.15, -0.1) is 0 Å². The van der Waals surface area contributed by atoms with E-state index in [0.29, 0.717) is 0 Å². The Labute approximate surface area is 80.5 Å². The molecule has 0 saturated carbocycles. The number of hydrogen-bond acceptors (Lipinski definition) is 2. The molecule has 0 aliphatic heterocycles. The molecule has 0 aliphatic carbocycles. The molecular formula is C8H4F5NO. The molecule has 82 valence electrons. The third-order valence-electron chi connectivity index (χ3n) is 1.60. The van der Waals surface area contributed by atoms with E-state index in [0.717, 1.165) is 0 Å². The molecule has 1 aromatic rings. The highest BCUT2D eigenvalue weighted by Gasteiger charge is 2.39.